The highest BCUT2D eigenvalue weighted by molar-refractivity contribution is 5.37. The van der Waals surface area contributed by atoms with Gasteiger partial charge in [-0.1, -0.05) is 44.9 Å². The standard InChI is InChI=1S/C30H46O3/c1-18(2)14-20-15-32-30-16-29(17-33-30)21(25(30)19(20)3)8-9-23-27(6)12-11-24(31)26(4,5)22(27)10-13-28(23,29)7/h14,21-25,31H,8-13,15-17H2,1-7H3/t21-,22+,23-,24+,25-,27+,28-,29+,30-/m1/s1. The summed E-state index contributed by atoms with van der Waals surface area (Å²) >= 11 is 0. The lowest BCUT2D eigenvalue weighted by Crippen LogP contribution is -2.65. The molecule has 2 spiro atoms. The number of aliphatic hydroxyl groups excluding tert-OH is 1. The summed E-state index contributed by atoms with van der Waals surface area (Å²) in [5, 5.41) is 10.9. The van der Waals surface area contributed by atoms with E-state index < -0.39 is 0 Å². The number of allylic oxidation sites excluding steroid dienone is 1. The van der Waals surface area contributed by atoms with E-state index in [4.69, 9.17) is 9.47 Å². The molecule has 5 fully saturated rings. The van der Waals surface area contributed by atoms with E-state index >= 15 is 0 Å². The minimum Gasteiger partial charge on any atom is -0.393 e. The molecule has 0 amide bonds. The average molecular weight is 455 g/mol. The number of hydrogen-bond acceptors (Lipinski definition) is 3. The first-order chi connectivity index (χ1) is 15.4. The second kappa shape index (κ2) is 6.77. The normalized spacial score (nSPS) is 54.2. The van der Waals surface area contributed by atoms with Crippen molar-refractivity contribution in [2.75, 3.05) is 13.2 Å². The lowest BCUT2D eigenvalue weighted by atomic mass is 9.35. The number of hydrogen-bond donors (Lipinski definition) is 1. The topological polar surface area (TPSA) is 38.7 Å². The summed E-state index contributed by atoms with van der Waals surface area (Å²) in [6.07, 6.45) is 10.6. The molecular weight excluding hydrogens is 408 g/mol. The Hall–Kier alpha value is -0.640. The molecule has 0 aromatic carbocycles. The molecule has 1 N–H and O–H groups in total. The number of fused-ring (bicyclic) bond motifs is 4. The van der Waals surface area contributed by atoms with Crippen LogP contribution in [0.2, 0.25) is 0 Å². The van der Waals surface area contributed by atoms with Crippen LogP contribution in [-0.2, 0) is 9.47 Å². The molecule has 6 rings (SSSR count). The van der Waals surface area contributed by atoms with Crippen molar-refractivity contribution in [1.82, 2.24) is 0 Å². The number of rotatable bonds is 1. The molecule has 3 heteroatoms. The van der Waals surface area contributed by atoms with Crippen molar-refractivity contribution < 1.29 is 14.6 Å². The van der Waals surface area contributed by atoms with Crippen molar-refractivity contribution in [3.05, 3.63) is 22.8 Å². The highest BCUT2D eigenvalue weighted by atomic mass is 16.7. The molecule has 0 unspecified atom stereocenters. The van der Waals surface area contributed by atoms with Gasteiger partial charge in [-0.15, -0.1) is 0 Å². The largest absolute Gasteiger partial charge is 0.393 e. The zero-order chi connectivity index (χ0) is 23.6. The molecule has 0 aromatic heterocycles. The molecule has 6 aliphatic rings. The molecule has 2 aliphatic heterocycles. The van der Waals surface area contributed by atoms with Gasteiger partial charge in [-0.2, -0.15) is 0 Å². The van der Waals surface area contributed by atoms with E-state index in [1.165, 1.54) is 48.8 Å². The Morgan fingerprint density at radius 1 is 0.970 bits per heavy atom. The van der Waals surface area contributed by atoms with E-state index in [0.29, 0.717) is 41.1 Å². The molecule has 3 nitrogen and oxygen atoms in total. The second-order valence-corrected chi connectivity index (χ2v) is 14.3. The number of aliphatic hydroxyl groups is 1. The average Bonchev–Trinajstić information content (AvgIpc) is 3.26. The van der Waals surface area contributed by atoms with Gasteiger partial charge in [-0.3, -0.25) is 0 Å². The lowest BCUT2D eigenvalue weighted by molar-refractivity contribution is -0.272. The second-order valence-electron chi connectivity index (χ2n) is 14.3. The van der Waals surface area contributed by atoms with Gasteiger partial charge in [0.15, 0.2) is 5.79 Å². The van der Waals surface area contributed by atoms with Crippen LogP contribution < -0.4 is 0 Å². The van der Waals surface area contributed by atoms with Crippen molar-refractivity contribution in [1.29, 1.82) is 0 Å². The Balaban J connectivity index is 1.42. The van der Waals surface area contributed by atoms with Crippen molar-refractivity contribution in [2.24, 2.45) is 45.3 Å². The highest BCUT2D eigenvalue weighted by Crippen LogP contribution is 2.79. The molecule has 2 bridgehead atoms. The molecule has 1 saturated heterocycles. The third-order valence-corrected chi connectivity index (χ3v) is 12.6. The van der Waals surface area contributed by atoms with Crippen molar-refractivity contribution in [3.63, 3.8) is 0 Å². The minimum absolute atomic E-state index is 0.0155. The van der Waals surface area contributed by atoms with E-state index in [1.807, 2.05) is 0 Å². The van der Waals surface area contributed by atoms with Gasteiger partial charge in [-0.05, 0) is 98.9 Å². The Morgan fingerprint density at radius 3 is 2.45 bits per heavy atom. The molecule has 9 atom stereocenters. The zero-order valence-electron chi connectivity index (χ0n) is 22.1. The third kappa shape index (κ3) is 2.58. The van der Waals surface area contributed by atoms with Gasteiger partial charge in [0.05, 0.1) is 19.3 Å². The van der Waals surface area contributed by atoms with Crippen LogP contribution in [0.3, 0.4) is 0 Å². The van der Waals surface area contributed by atoms with Crippen molar-refractivity contribution in [3.8, 4) is 0 Å². The van der Waals surface area contributed by atoms with Crippen LogP contribution in [0.4, 0.5) is 0 Å². The molecule has 0 aromatic rings. The summed E-state index contributed by atoms with van der Waals surface area (Å²) in [6, 6.07) is 0. The van der Waals surface area contributed by atoms with Crippen LogP contribution in [0.25, 0.3) is 0 Å². The Bertz CT molecular complexity index is 927. The van der Waals surface area contributed by atoms with E-state index in [9.17, 15) is 5.11 Å². The fourth-order valence-corrected chi connectivity index (χ4v) is 11.1. The van der Waals surface area contributed by atoms with Crippen molar-refractivity contribution >= 4 is 0 Å². The fraction of sp³-hybridized carbons (Fsp3) is 0.867. The Kier molecular flexibility index (Phi) is 4.68. The van der Waals surface area contributed by atoms with E-state index in [-0.39, 0.29) is 22.7 Å². The maximum Gasteiger partial charge on any atom is 0.176 e. The molecule has 0 radical (unpaired) electrons. The van der Waals surface area contributed by atoms with Gasteiger partial charge in [-0.25, -0.2) is 0 Å². The van der Waals surface area contributed by atoms with Crippen LogP contribution in [0.1, 0.15) is 93.4 Å². The Morgan fingerprint density at radius 2 is 1.73 bits per heavy atom. The molecule has 4 aliphatic carbocycles. The van der Waals surface area contributed by atoms with E-state index in [1.54, 1.807) is 0 Å². The SMILES string of the molecule is CC(C)=CC1=C(C)[C@@H]2[C@H]3CC[C@@H]4[C@@]5(C)CC[C@H](O)C(C)(C)[C@@H]5CC[C@@]4(C)[C@@]34CO[C@@]2(C4)OC1. The molecular formula is C30H46O3. The van der Waals surface area contributed by atoms with Crippen LogP contribution in [0.5, 0.6) is 0 Å². The monoisotopic (exact) mass is 454 g/mol. The van der Waals surface area contributed by atoms with Gasteiger partial charge >= 0.3 is 0 Å². The highest BCUT2D eigenvalue weighted by Gasteiger charge is 2.78. The summed E-state index contributed by atoms with van der Waals surface area (Å²) in [6.45, 7) is 18.3. The predicted molar refractivity (Wildman–Crippen MR) is 131 cm³/mol. The zero-order valence-corrected chi connectivity index (χ0v) is 22.1. The van der Waals surface area contributed by atoms with E-state index in [0.717, 1.165) is 19.4 Å². The van der Waals surface area contributed by atoms with Crippen LogP contribution in [0.15, 0.2) is 22.8 Å². The summed E-state index contributed by atoms with van der Waals surface area (Å²) in [5.74, 6) is 2.04. The molecule has 33 heavy (non-hydrogen) atoms. The first-order valence-corrected chi connectivity index (χ1v) is 13.7. The maximum absolute atomic E-state index is 10.9. The molecule has 2 heterocycles. The number of ether oxygens (including phenoxy) is 2. The molecule has 184 valence electrons. The summed E-state index contributed by atoms with van der Waals surface area (Å²) in [7, 11) is 0. The first-order valence-electron chi connectivity index (χ1n) is 13.7. The van der Waals surface area contributed by atoms with Crippen LogP contribution in [0, 0.1) is 45.3 Å². The lowest BCUT2D eigenvalue weighted by Gasteiger charge is -2.70. The smallest absolute Gasteiger partial charge is 0.176 e. The Labute approximate surface area is 201 Å². The van der Waals surface area contributed by atoms with E-state index in [2.05, 4.69) is 54.5 Å². The third-order valence-electron chi connectivity index (χ3n) is 12.6. The van der Waals surface area contributed by atoms with Gasteiger partial charge in [0.1, 0.15) is 0 Å². The van der Waals surface area contributed by atoms with Crippen LogP contribution in [-0.4, -0.2) is 30.2 Å². The quantitative estimate of drug-likeness (QED) is 0.481. The minimum atomic E-state index is -0.384. The maximum atomic E-state index is 10.9. The van der Waals surface area contributed by atoms with Crippen molar-refractivity contribution in [2.45, 2.75) is 105 Å². The fourth-order valence-electron chi connectivity index (χ4n) is 11.1. The van der Waals surface area contributed by atoms with Gasteiger partial charge in [0.2, 0.25) is 0 Å². The molecule has 4 saturated carbocycles. The van der Waals surface area contributed by atoms with Gasteiger partial charge in [0, 0.05) is 17.8 Å². The summed E-state index contributed by atoms with van der Waals surface area (Å²) in [4.78, 5) is 0. The van der Waals surface area contributed by atoms with Gasteiger partial charge in [0.25, 0.3) is 0 Å². The van der Waals surface area contributed by atoms with Crippen LogP contribution >= 0.6 is 0 Å². The summed E-state index contributed by atoms with van der Waals surface area (Å²) < 4.78 is 13.4. The first kappa shape index (κ1) is 22.8. The summed E-state index contributed by atoms with van der Waals surface area (Å²) in [5.41, 5.74) is 5.14. The van der Waals surface area contributed by atoms with Gasteiger partial charge < -0.3 is 14.6 Å². The predicted octanol–water partition coefficient (Wildman–Crippen LogP) is 6.66.